The molecule has 1 aliphatic rings. The molecular weight excluding hydrogens is 274 g/mol. The average molecular weight is 298 g/mol. The lowest BCUT2D eigenvalue weighted by molar-refractivity contribution is -0.0279. The highest BCUT2D eigenvalue weighted by Gasteiger charge is 2.28. The third-order valence-electron chi connectivity index (χ3n) is 3.37. The van der Waals surface area contributed by atoms with Gasteiger partial charge in [0.15, 0.2) is 0 Å². The molecule has 0 bridgehead atoms. The predicted molar refractivity (Wildman–Crippen MR) is 83.5 cm³/mol. The van der Waals surface area contributed by atoms with Gasteiger partial charge in [-0.2, -0.15) is 0 Å². The van der Waals surface area contributed by atoms with Crippen LogP contribution in [-0.2, 0) is 11.3 Å². The number of rotatable bonds is 5. The summed E-state index contributed by atoms with van der Waals surface area (Å²) in [7, 11) is 0. The van der Waals surface area contributed by atoms with Crippen LogP contribution in [0, 0.1) is 0 Å². The molecule has 112 valence electrons. The normalized spacial score (nSPS) is 18.3. The lowest BCUT2D eigenvalue weighted by Crippen LogP contribution is -2.48. The molecule has 1 aliphatic heterocycles. The monoisotopic (exact) mass is 297 g/mol. The second-order valence-corrected chi connectivity index (χ2v) is 6.21. The van der Waals surface area contributed by atoms with E-state index in [2.05, 4.69) is 31.0 Å². The van der Waals surface area contributed by atoms with Gasteiger partial charge >= 0.3 is 0 Å². The Kier molecular flexibility index (Phi) is 5.24. The van der Waals surface area contributed by atoms with E-state index in [9.17, 15) is 0 Å². The number of nitrogens with zero attached hydrogens (tertiary/aromatic N) is 2. The summed E-state index contributed by atoms with van der Waals surface area (Å²) in [5.74, 6) is 0.985. The number of nitrogens with one attached hydrogen (secondary N) is 1. The number of halogens is 1. The van der Waals surface area contributed by atoms with Gasteiger partial charge in [-0.1, -0.05) is 18.5 Å². The second-order valence-electron chi connectivity index (χ2n) is 5.80. The Morgan fingerprint density at radius 2 is 2.25 bits per heavy atom. The van der Waals surface area contributed by atoms with Gasteiger partial charge in [0.05, 0.1) is 22.9 Å². The summed E-state index contributed by atoms with van der Waals surface area (Å²) in [6.07, 6.45) is 1.11. The van der Waals surface area contributed by atoms with Gasteiger partial charge in [-0.3, -0.25) is 0 Å². The number of anilines is 1. The van der Waals surface area contributed by atoms with Crippen molar-refractivity contribution in [2.75, 3.05) is 31.1 Å². The van der Waals surface area contributed by atoms with Crippen molar-refractivity contribution >= 4 is 17.4 Å². The molecule has 0 aromatic carbocycles. The van der Waals surface area contributed by atoms with Gasteiger partial charge in [0.25, 0.3) is 0 Å². The van der Waals surface area contributed by atoms with E-state index in [1.54, 1.807) is 0 Å². The Balaban J connectivity index is 2.10. The van der Waals surface area contributed by atoms with Gasteiger partial charge < -0.3 is 15.0 Å². The number of pyridine rings is 1. The summed E-state index contributed by atoms with van der Waals surface area (Å²) in [4.78, 5) is 6.98. The van der Waals surface area contributed by atoms with E-state index in [0.29, 0.717) is 6.54 Å². The molecule has 0 atom stereocenters. The topological polar surface area (TPSA) is 37.4 Å². The fourth-order valence-electron chi connectivity index (χ4n) is 2.37. The van der Waals surface area contributed by atoms with Crippen LogP contribution in [0.5, 0.6) is 0 Å². The molecule has 0 radical (unpaired) electrons. The van der Waals surface area contributed by atoms with Crippen molar-refractivity contribution in [2.24, 2.45) is 0 Å². The third kappa shape index (κ3) is 4.08. The molecule has 0 amide bonds. The van der Waals surface area contributed by atoms with E-state index in [0.717, 1.165) is 49.2 Å². The van der Waals surface area contributed by atoms with E-state index in [-0.39, 0.29) is 5.60 Å². The first-order chi connectivity index (χ1) is 9.52. The molecule has 0 saturated carbocycles. The molecule has 1 aromatic rings. The molecule has 2 rings (SSSR count). The summed E-state index contributed by atoms with van der Waals surface area (Å²) in [6, 6.07) is 3.93. The van der Waals surface area contributed by atoms with Gasteiger partial charge in [0.2, 0.25) is 0 Å². The predicted octanol–water partition coefficient (Wildman–Crippen LogP) is 2.85. The van der Waals surface area contributed by atoms with Crippen molar-refractivity contribution in [1.29, 1.82) is 0 Å². The summed E-state index contributed by atoms with van der Waals surface area (Å²) < 4.78 is 5.74. The molecule has 0 spiro atoms. The minimum Gasteiger partial charge on any atom is -0.372 e. The maximum absolute atomic E-state index is 6.22. The first kappa shape index (κ1) is 15.5. The zero-order valence-corrected chi connectivity index (χ0v) is 13.3. The SMILES string of the molecule is CCCNCc1nc(N2CCOC(C)(C)C2)ccc1Cl. The standard InChI is InChI=1S/C15H24ClN3O/c1-4-7-17-10-13-12(16)5-6-14(18-13)19-8-9-20-15(2,3)11-19/h5-6,17H,4,7-11H2,1-3H3. The second kappa shape index (κ2) is 6.74. The van der Waals surface area contributed by atoms with Crippen molar-refractivity contribution < 1.29 is 4.74 Å². The van der Waals surface area contributed by atoms with Gasteiger partial charge in [0.1, 0.15) is 5.82 Å². The molecule has 1 N–H and O–H groups in total. The van der Waals surface area contributed by atoms with E-state index in [1.165, 1.54) is 0 Å². The van der Waals surface area contributed by atoms with Crippen molar-refractivity contribution in [3.8, 4) is 0 Å². The van der Waals surface area contributed by atoms with Crippen LogP contribution in [0.25, 0.3) is 0 Å². The fourth-order valence-corrected chi connectivity index (χ4v) is 2.54. The molecule has 5 heteroatoms. The zero-order chi connectivity index (χ0) is 14.6. The summed E-state index contributed by atoms with van der Waals surface area (Å²) in [5.41, 5.74) is 0.794. The molecule has 1 aromatic heterocycles. The number of ether oxygens (including phenoxy) is 1. The summed E-state index contributed by atoms with van der Waals surface area (Å²) in [5, 5.41) is 4.08. The van der Waals surface area contributed by atoms with Crippen LogP contribution >= 0.6 is 11.6 Å². The van der Waals surface area contributed by atoms with E-state index in [4.69, 9.17) is 21.3 Å². The molecule has 1 fully saturated rings. The Hall–Kier alpha value is -0.840. The molecule has 1 saturated heterocycles. The third-order valence-corrected chi connectivity index (χ3v) is 3.72. The first-order valence-corrected chi connectivity index (χ1v) is 7.65. The average Bonchev–Trinajstić information content (AvgIpc) is 2.40. The van der Waals surface area contributed by atoms with Crippen LogP contribution in [0.1, 0.15) is 32.9 Å². The van der Waals surface area contributed by atoms with Gasteiger partial charge in [-0.25, -0.2) is 4.98 Å². The van der Waals surface area contributed by atoms with Crippen LogP contribution < -0.4 is 10.2 Å². The highest BCUT2D eigenvalue weighted by molar-refractivity contribution is 6.31. The number of aromatic nitrogens is 1. The summed E-state index contributed by atoms with van der Waals surface area (Å²) in [6.45, 7) is 10.5. The maximum atomic E-state index is 6.22. The van der Waals surface area contributed by atoms with Crippen molar-refractivity contribution in [1.82, 2.24) is 10.3 Å². The molecule has 0 aliphatic carbocycles. The maximum Gasteiger partial charge on any atom is 0.129 e. The van der Waals surface area contributed by atoms with Crippen molar-refractivity contribution in [2.45, 2.75) is 39.3 Å². The molecule has 0 unspecified atom stereocenters. The smallest absolute Gasteiger partial charge is 0.129 e. The Morgan fingerprint density at radius 3 is 2.95 bits per heavy atom. The van der Waals surface area contributed by atoms with E-state index < -0.39 is 0 Å². The van der Waals surface area contributed by atoms with E-state index in [1.807, 2.05) is 12.1 Å². The highest BCUT2D eigenvalue weighted by atomic mass is 35.5. The highest BCUT2D eigenvalue weighted by Crippen LogP contribution is 2.24. The van der Waals surface area contributed by atoms with Crippen LogP contribution in [0.2, 0.25) is 5.02 Å². The molecule has 4 nitrogen and oxygen atoms in total. The largest absolute Gasteiger partial charge is 0.372 e. The Bertz CT molecular complexity index is 451. The quantitative estimate of drug-likeness (QED) is 0.848. The minimum absolute atomic E-state index is 0.125. The first-order valence-electron chi connectivity index (χ1n) is 7.27. The zero-order valence-electron chi connectivity index (χ0n) is 12.6. The van der Waals surface area contributed by atoms with Crippen LogP contribution in [-0.4, -0.2) is 36.8 Å². The Labute approximate surface area is 126 Å². The Morgan fingerprint density at radius 1 is 1.45 bits per heavy atom. The molecule has 20 heavy (non-hydrogen) atoms. The van der Waals surface area contributed by atoms with Crippen molar-refractivity contribution in [3.05, 3.63) is 22.8 Å². The van der Waals surface area contributed by atoms with Gasteiger partial charge in [-0.05, 0) is 38.9 Å². The van der Waals surface area contributed by atoms with Crippen LogP contribution in [0.4, 0.5) is 5.82 Å². The van der Waals surface area contributed by atoms with Crippen LogP contribution in [0.15, 0.2) is 12.1 Å². The van der Waals surface area contributed by atoms with Gasteiger partial charge in [0, 0.05) is 19.6 Å². The van der Waals surface area contributed by atoms with Crippen LogP contribution in [0.3, 0.4) is 0 Å². The minimum atomic E-state index is -0.125. The van der Waals surface area contributed by atoms with Crippen molar-refractivity contribution in [3.63, 3.8) is 0 Å². The molecule has 2 heterocycles. The lowest BCUT2D eigenvalue weighted by atomic mass is 10.1. The number of hydrogen-bond acceptors (Lipinski definition) is 4. The summed E-state index contributed by atoms with van der Waals surface area (Å²) >= 11 is 6.22. The van der Waals surface area contributed by atoms with E-state index >= 15 is 0 Å². The fraction of sp³-hybridized carbons (Fsp3) is 0.667. The number of morpholine rings is 1. The number of hydrogen-bond donors (Lipinski definition) is 1. The molecular formula is C15H24ClN3O. The van der Waals surface area contributed by atoms with Gasteiger partial charge in [-0.15, -0.1) is 0 Å². The lowest BCUT2D eigenvalue weighted by Gasteiger charge is -2.38.